The van der Waals surface area contributed by atoms with Crippen molar-refractivity contribution >= 4 is 28.5 Å². The molecule has 38 heavy (non-hydrogen) atoms. The number of pyridine rings is 1. The lowest BCUT2D eigenvalue weighted by Crippen LogP contribution is -2.60. The second kappa shape index (κ2) is 9.78. The number of hydrogen-bond donors (Lipinski definition) is 4. The third-order valence-electron chi connectivity index (χ3n) is 7.22. The molecule has 0 radical (unpaired) electrons. The van der Waals surface area contributed by atoms with Crippen molar-refractivity contribution in [1.82, 2.24) is 9.47 Å². The van der Waals surface area contributed by atoms with Gasteiger partial charge in [-0.25, -0.2) is 14.0 Å². The summed E-state index contributed by atoms with van der Waals surface area (Å²) in [6.45, 7) is 4.47. The number of carboxylic acids is 1. The number of aliphatic hydroxyl groups is 3. The molecule has 1 aromatic heterocycles. The first-order valence-electron chi connectivity index (χ1n) is 12.1. The van der Waals surface area contributed by atoms with Gasteiger partial charge in [0.05, 0.1) is 16.9 Å². The highest BCUT2D eigenvalue weighted by atomic mass is 19.1. The van der Waals surface area contributed by atoms with Crippen LogP contribution < -0.4 is 15.1 Å². The van der Waals surface area contributed by atoms with Gasteiger partial charge in [-0.15, -0.1) is 0 Å². The quantitative estimate of drug-likeness (QED) is 0.348. The molecule has 0 saturated carbocycles. The van der Waals surface area contributed by atoms with Crippen molar-refractivity contribution in [2.45, 2.75) is 43.7 Å². The number of aliphatic hydroxyl groups excluding tert-OH is 3. The Balaban J connectivity index is 1.54. The zero-order valence-corrected chi connectivity index (χ0v) is 20.6. The fourth-order valence-electron chi connectivity index (χ4n) is 5.00. The van der Waals surface area contributed by atoms with Crippen molar-refractivity contribution < 1.29 is 48.6 Å². The molecule has 0 aliphatic carbocycles. The molecule has 0 amide bonds. The standard InChI is InChI=1S/C24H28FN3O10/c1-10-9-36-20-14-11(7-13(25)15(20)27-5-3-26(2)4-6-27)16(29)12(8-28(10)14)23(35)38-24-19(32)17(30)18(31)21(37-24)22(33)34/h7-8,10,17-19,21,24,30-32H,3-6,9H2,1-2H3,(H,33,34)/t10-,17-,18-,19+,21-,24-/m0/s1. The number of halogens is 1. The summed E-state index contributed by atoms with van der Waals surface area (Å²) in [5.74, 6) is -3.44. The van der Waals surface area contributed by atoms with E-state index >= 15 is 4.39 Å². The first kappa shape index (κ1) is 26.3. The van der Waals surface area contributed by atoms with Gasteiger partial charge in [0, 0.05) is 32.4 Å². The van der Waals surface area contributed by atoms with Crippen LogP contribution in [-0.2, 0) is 14.3 Å². The van der Waals surface area contributed by atoms with Crippen LogP contribution in [0.25, 0.3) is 10.9 Å². The fraction of sp³-hybridized carbons (Fsp3) is 0.542. The van der Waals surface area contributed by atoms with E-state index in [0.29, 0.717) is 31.7 Å². The highest BCUT2D eigenvalue weighted by Gasteiger charge is 2.49. The summed E-state index contributed by atoms with van der Waals surface area (Å²) in [6, 6.07) is 0.698. The molecule has 5 rings (SSSR count). The number of carbonyl (C=O) groups excluding carboxylic acids is 1. The molecule has 13 nitrogen and oxygen atoms in total. The number of ether oxygens (including phenoxy) is 3. The Labute approximate surface area is 215 Å². The van der Waals surface area contributed by atoms with Gasteiger partial charge in [0.25, 0.3) is 0 Å². The summed E-state index contributed by atoms with van der Waals surface area (Å²) in [6.07, 6.45) is -8.72. The number of esters is 1. The molecular formula is C24H28FN3O10. The van der Waals surface area contributed by atoms with Gasteiger partial charge in [-0.3, -0.25) is 4.79 Å². The van der Waals surface area contributed by atoms with Crippen LogP contribution in [0.3, 0.4) is 0 Å². The summed E-state index contributed by atoms with van der Waals surface area (Å²) < 4.78 is 33.0. The highest BCUT2D eigenvalue weighted by molar-refractivity contribution is 5.98. The van der Waals surface area contributed by atoms with Gasteiger partial charge in [-0.05, 0) is 20.0 Å². The minimum Gasteiger partial charge on any atom is -0.487 e. The van der Waals surface area contributed by atoms with Gasteiger partial charge in [0.15, 0.2) is 17.7 Å². The summed E-state index contributed by atoms with van der Waals surface area (Å²) in [5, 5.41) is 39.1. The van der Waals surface area contributed by atoms with Crippen molar-refractivity contribution in [2.75, 3.05) is 44.7 Å². The Kier molecular flexibility index (Phi) is 6.77. The maximum absolute atomic E-state index is 15.5. The normalized spacial score (nSPS) is 29.7. The van der Waals surface area contributed by atoms with Gasteiger partial charge >= 0.3 is 11.9 Å². The lowest BCUT2D eigenvalue weighted by Gasteiger charge is -2.38. The van der Waals surface area contributed by atoms with E-state index in [-0.39, 0.29) is 29.5 Å². The largest absolute Gasteiger partial charge is 0.487 e. The number of aliphatic carboxylic acids is 1. The van der Waals surface area contributed by atoms with Gasteiger partial charge in [0.1, 0.15) is 36.2 Å². The summed E-state index contributed by atoms with van der Waals surface area (Å²) in [7, 11) is 1.97. The molecule has 3 aliphatic heterocycles. The van der Waals surface area contributed by atoms with E-state index in [1.54, 1.807) is 11.5 Å². The van der Waals surface area contributed by atoms with E-state index in [2.05, 4.69) is 4.90 Å². The maximum atomic E-state index is 15.5. The van der Waals surface area contributed by atoms with Crippen LogP contribution >= 0.6 is 0 Å². The van der Waals surface area contributed by atoms with Crippen LogP contribution in [-0.4, -0.2) is 112 Å². The lowest BCUT2D eigenvalue weighted by molar-refractivity contribution is -0.278. The maximum Gasteiger partial charge on any atom is 0.346 e. The number of anilines is 1. The summed E-state index contributed by atoms with van der Waals surface area (Å²) in [5.41, 5.74) is -0.831. The van der Waals surface area contributed by atoms with E-state index < -0.39 is 59.5 Å². The number of rotatable bonds is 4. The molecule has 4 N–H and O–H groups in total. The van der Waals surface area contributed by atoms with Crippen molar-refractivity contribution in [3.05, 3.63) is 33.9 Å². The Bertz CT molecular complexity index is 1340. The van der Waals surface area contributed by atoms with Crippen LogP contribution in [0.2, 0.25) is 0 Å². The van der Waals surface area contributed by atoms with E-state index in [4.69, 9.17) is 14.2 Å². The van der Waals surface area contributed by atoms with Gasteiger partial charge < -0.3 is 49.0 Å². The third-order valence-corrected chi connectivity index (χ3v) is 7.22. The number of hydrogen-bond acceptors (Lipinski definition) is 11. The molecule has 0 spiro atoms. The Hall–Kier alpha value is -3.30. The summed E-state index contributed by atoms with van der Waals surface area (Å²) >= 11 is 0. The summed E-state index contributed by atoms with van der Waals surface area (Å²) in [4.78, 5) is 41.7. The molecule has 14 heteroatoms. The molecule has 1 aromatic carbocycles. The molecule has 2 fully saturated rings. The zero-order chi connectivity index (χ0) is 27.5. The van der Waals surface area contributed by atoms with Crippen LogP contribution in [0, 0.1) is 5.82 Å². The highest BCUT2D eigenvalue weighted by Crippen LogP contribution is 2.42. The minimum absolute atomic E-state index is 0.125. The van der Waals surface area contributed by atoms with Gasteiger partial charge in [-0.2, -0.15) is 0 Å². The Morgan fingerprint density at radius 1 is 1.11 bits per heavy atom. The Morgan fingerprint density at radius 3 is 2.45 bits per heavy atom. The molecular weight excluding hydrogens is 509 g/mol. The van der Waals surface area contributed by atoms with Gasteiger partial charge in [-0.1, -0.05) is 0 Å². The first-order chi connectivity index (χ1) is 18.0. The average Bonchev–Trinajstić information content (AvgIpc) is 2.88. The van der Waals surface area contributed by atoms with Crippen molar-refractivity contribution in [1.29, 1.82) is 0 Å². The smallest absolute Gasteiger partial charge is 0.346 e. The molecule has 2 aromatic rings. The molecule has 4 heterocycles. The molecule has 0 unspecified atom stereocenters. The van der Waals surface area contributed by atoms with Crippen molar-refractivity contribution in [2.24, 2.45) is 0 Å². The van der Waals surface area contributed by atoms with E-state index in [1.807, 2.05) is 11.9 Å². The van der Waals surface area contributed by atoms with Crippen molar-refractivity contribution in [3.63, 3.8) is 0 Å². The van der Waals surface area contributed by atoms with Crippen LogP contribution in [0.1, 0.15) is 23.3 Å². The van der Waals surface area contributed by atoms with Crippen LogP contribution in [0.4, 0.5) is 10.1 Å². The van der Waals surface area contributed by atoms with Gasteiger partial charge in [0.2, 0.25) is 11.7 Å². The molecule has 206 valence electrons. The van der Waals surface area contributed by atoms with E-state index in [9.17, 15) is 34.8 Å². The zero-order valence-electron chi connectivity index (χ0n) is 20.6. The van der Waals surface area contributed by atoms with Crippen LogP contribution in [0.15, 0.2) is 17.1 Å². The third kappa shape index (κ3) is 4.27. The fourth-order valence-corrected chi connectivity index (χ4v) is 5.00. The number of piperazine rings is 1. The van der Waals surface area contributed by atoms with E-state index in [1.165, 1.54) is 6.20 Å². The topological polar surface area (TPSA) is 171 Å². The average molecular weight is 537 g/mol. The number of carboxylic acid groups (broad SMARTS) is 1. The van der Waals surface area contributed by atoms with E-state index in [0.717, 1.165) is 6.07 Å². The lowest BCUT2D eigenvalue weighted by atomic mass is 9.99. The predicted octanol–water partition coefficient (Wildman–Crippen LogP) is -1.11. The number of likely N-dealkylation sites (N-methyl/N-ethyl adjacent to an activating group) is 1. The molecule has 0 bridgehead atoms. The molecule has 3 aliphatic rings. The number of benzene rings is 1. The number of aromatic nitrogens is 1. The predicted molar refractivity (Wildman–Crippen MR) is 128 cm³/mol. The number of nitrogens with zero attached hydrogens (tertiary/aromatic N) is 3. The minimum atomic E-state index is -2.00. The number of carbonyl (C=O) groups is 2. The monoisotopic (exact) mass is 537 g/mol. The molecule has 2 saturated heterocycles. The first-order valence-corrected chi connectivity index (χ1v) is 12.1. The second-order valence-electron chi connectivity index (χ2n) is 9.80. The SMILES string of the molecule is C[C@H]1COc2c(N3CCN(C)CC3)c(F)cc3c(=O)c(C(=O)O[C@@H]4O[C@H](C(=O)O)[C@@H](O)[C@H](O)[C@H]4O)cn1c23. The Morgan fingerprint density at radius 2 is 1.79 bits per heavy atom. The second-order valence-corrected chi connectivity index (χ2v) is 9.80. The molecule has 6 atom stereocenters. The van der Waals surface area contributed by atoms with Crippen molar-refractivity contribution in [3.8, 4) is 5.75 Å². The van der Waals surface area contributed by atoms with Crippen LogP contribution in [0.5, 0.6) is 5.75 Å².